The minimum Gasteiger partial charge on any atom is -0.462 e. The minimum absolute atomic E-state index is 0.282. The van der Waals surface area contributed by atoms with Crippen LogP contribution in [-0.4, -0.2) is 25.7 Å². The van der Waals surface area contributed by atoms with Gasteiger partial charge in [0.05, 0.1) is 23.5 Å². The van der Waals surface area contributed by atoms with Gasteiger partial charge in [-0.05, 0) is 49.8 Å². The molecule has 0 aliphatic carbocycles. The van der Waals surface area contributed by atoms with E-state index in [2.05, 4.69) is 18.7 Å². The Bertz CT molecular complexity index is 510. The maximum absolute atomic E-state index is 11.9. The van der Waals surface area contributed by atoms with E-state index in [-0.39, 0.29) is 5.97 Å². The van der Waals surface area contributed by atoms with E-state index in [1.165, 1.54) is 19.3 Å². The molecule has 1 saturated heterocycles. The highest BCUT2D eigenvalue weighted by atomic mass is 16.5. The van der Waals surface area contributed by atoms with Crippen LogP contribution in [0.5, 0.6) is 0 Å². The van der Waals surface area contributed by atoms with Gasteiger partial charge in [-0.2, -0.15) is 0 Å². The monoisotopic (exact) mass is 290 g/mol. The van der Waals surface area contributed by atoms with E-state index in [4.69, 9.17) is 10.5 Å². The number of hydrogen-bond acceptors (Lipinski definition) is 4. The predicted octanol–water partition coefficient (Wildman–Crippen LogP) is 3.46. The fourth-order valence-corrected chi connectivity index (χ4v) is 3.13. The second-order valence-corrected chi connectivity index (χ2v) is 5.87. The summed E-state index contributed by atoms with van der Waals surface area (Å²) in [6.07, 6.45) is 3.54. The molecule has 0 unspecified atom stereocenters. The van der Waals surface area contributed by atoms with Crippen LogP contribution in [0, 0.1) is 5.41 Å². The number of hydrogen-bond donors (Lipinski definition) is 1. The van der Waals surface area contributed by atoms with Crippen molar-refractivity contribution in [3.8, 4) is 0 Å². The molecule has 0 radical (unpaired) electrons. The predicted molar refractivity (Wildman–Crippen MR) is 86.7 cm³/mol. The van der Waals surface area contributed by atoms with Gasteiger partial charge in [-0.25, -0.2) is 4.79 Å². The summed E-state index contributed by atoms with van der Waals surface area (Å²) in [4.78, 5) is 14.2. The van der Waals surface area contributed by atoms with Crippen molar-refractivity contribution in [2.45, 2.75) is 40.0 Å². The van der Waals surface area contributed by atoms with Gasteiger partial charge in [0.2, 0.25) is 0 Å². The van der Waals surface area contributed by atoms with Gasteiger partial charge in [-0.3, -0.25) is 0 Å². The average molecular weight is 290 g/mol. The van der Waals surface area contributed by atoms with Crippen molar-refractivity contribution in [3.05, 3.63) is 23.8 Å². The summed E-state index contributed by atoms with van der Waals surface area (Å²) in [5.74, 6) is -0.282. The number of rotatable bonds is 5. The first-order valence-electron chi connectivity index (χ1n) is 7.87. The molecule has 0 saturated carbocycles. The topological polar surface area (TPSA) is 55.6 Å². The number of nitrogen functional groups attached to an aromatic ring is 1. The molecule has 0 amide bonds. The van der Waals surface area contributed by atoms with E-state index in [1.54, 1.807) is 12.1 Å². The first kappa shape index (κ1) is 15.7. The fourth-order valence-electron chi connectivity index (χ4n) is 3.13. The number of carbonyl (C=O) groups is 1. The Labute approximate surface area is 127 Å². The molecular weight excluding hydrogens is 264 g/mol. The molecule has 0 bridgehead atoms. The van der Waals surface area contributed by atoms with Crippen LogP contribution in [0.2, 0.25) is 0 Å². The molecule has 1 aliphatic rings. The van der Waals surface area contributed by atoms with Crippen LogP contribution < -0.4 is 10.6 Å². The summed E-state index contributed by atoms with van der Waals surface area (Å²) in [7, 11) is 0. The molecule has 116 valence electrons. The van der Waals surface area contributed by atoms with Crippen molar-refractivity contribution in [2.75, 3.05) is 30.3 Å². The Balaban J connectivity index is 2.24. The standard InChI is InChI=1S/C17H26N2O2/c1-4-17(5-2)9-10-19(12-17)15-11-13(7-8-14(15)18)16(20)21-6-3/h7-8,11H,4-6,9-10,12,18H2,1-3H3. The van der Waals surface area contributed by atoms with Crippen molar-refractivity contribution in [2.24, 2.45) is 5.41 Å². The van der Waals surface area contributed by atoms with Crippen LogP contribution in [0.25, 0.3) is 0 Å². The van der Waals surface area contributed by atoms with Gasteiger partial charge in [0, 0.05) is 13.1 Å². The van der Waals surface area contributed by atoms with Crippen LogP contribution in [-0.2, 0) is 4.74 Å². The molecule has 4 heteroatoms. The number of benzene rings is 1. The number of carbonyl (C=O) groups excluding carboxylic acids is 1. The minimum atomic E-state index is -0.282. The van der Waals surface area contributed by atoms with Crippen LogP contribution in [0.15, 0.2) is 18.2 Å². The summed E-state index contributed by atoms with van der Waals surface area (Å²) >= 11 is 0. The lowest BCUT2D eigenvalue weighted by atomic mass is 9.82. The molecule has 1 fully saturated rings. The molecule has 1 heterocycles. The number of nitrogens with zero attached hydrogens (tertiary/aromatic N) is 1. The Morgan fingerprint density at radius 3 is 2.62 bits per heavy atom. The third kappa shape index (κ3) is 3.14. The van der Waals surface area contributed by atoms with E-state index in [0.29, 0.717) is 17.6 Å². The van der Waals surface area contributed by atoms with Gasteiger partial charge in [0.25, 0.3) is 0 Å². The Hall–Kier alpha value is -1.71. The van der Waals surface area contributed by atoms with E-state index in [0.717, 1.165) is 24.5 Å². The second-order valence-electron chi connectivity index (χ2n) is 5.87. The van der Waals surface area contributed by atoms with Gasteiger partial charge >= 0.3 is 5.97 Å². The fraction of sp³-hybridized carbons (Fsp3) is 0.588. The molecule has 1 aliphatic heterocycles. The van der Waals surface area contributed by atoms with Gasteiger partial charge in [-0.15, -0.1) is 0 Å². The van der Waals surface area contributed by atoms with Crippen molar-refractivity contribution in [1.82, 2.24) is 0 Å². The van der Waals surface area contributed by atoms with Crippen molar-refractivity contribution >= 4 is 17.3 Å². The zero-order valence-electron chi connectivity index (χ0n) is 13.3. The van der Waals surface area contributed by atoms with E-state index < -0.39 is 0 Å². The third-order valence-electron chi connectivity index (χ3n) is 4.82. The molecule has 2 N–H and O–H groups in total. The molecule has 4 nitrogen and oxygen atoms in total. The van der Waals surface area contributed by atoms with E-state index in [1.807, 2.05) is 13.0 Å². The third-order valence-corrected chi connectivity index (χ3v) is 4.82. The first-order chi connectivity index (χ1) is 10.0. The number of nitrogens with two attached hydrogens (primary N) is 1. The van der Waals surface area contributed by atoms with Gasteiger partial charge < -0.3 is 15.4 Å². The SMILES string of the molecule is CCOC(=O)c1ccc(N)c(N2CCC(CC)(CC)C2)c1. The smallest absolute Gasteiger partial charge is 0.338 e. The zero-order valence-corrected chi connectivity index (χ0v) is 13.3. The lowest BCUT2D eigenvalue weighted by Crippen LogP contribution is -2.26. The zero-order chi connectivity index (χ0) is 15.5. The lowest BCUT2D eigenvalue weighted by Gasteiger charge is -2.28. The first-order valence-corrected chi connectivity index (χ1v) is 7.87. The van der Waals surface area contributed by atoms with Crippen molar-refractivity contribution in [3.63, 3.8) is 0 Å². The molecule has 0 atom stereocenters. The maximum atomic E-state index is 11.9. The second kappa shape index (κ2) is 6.37. The number of esters is 1. The molecule has 21 heavy (non-hydrogen) atoms. The Kier molecular flexibility index (Phi) is 4.76. The largest absolute Gasteiger partial charge is 0.462 e. The molecule has 0 aromatic heterocycles. The summed E-state index contributed by atoms with van der Waals surface area (Å²) in [6.45, 7) is 8.72. The van der Waals surface area contributed by atoms with Gasteiger partial charge in [0.15, 0.2) is 0 Å². The summed E-state index contributed by atoms with van der Waals surface area (Å²) in [5, 5.41) is 0. The molecular formula is C17H26N2O2. The maximum Gasteiger partial charge on any atom is 0.338 e. The average Bonchev–Trinajstić information content (AvgIpc) is 2.93. The highest BCUT2D eigenvalue weighted by Crippen LogP contribution is 2.40. The normalized spacial score (nSPS) is 17.0. The van der Waals surface area contributed by atoms with Crippen LogP contribution >= 0.6 is 0 Å². The van der Waals surface area contributed by atoms with Crippen molar-refractivity contribution in [1.29, 1.82) is 0 Å². The Morgan fingerprint density at radius 1 is 1.33 bits per heavy atom. The van der Waals surface area contributed by atoms with Crippen LogP contribution in [0.1, 0.15) is 50.4 Å². The van der Waals surface area contributed by atoms with Crippen molar-refractivity contribution < 1.29 is 9.53 Å². The van der Waals surface area contributed by atoms with Gasteiger partial charge in [0.1, 0.15) is 0 Å². The molecule has 2 rings (SSSR count). The summed E-state index contributed by atoms with van der Waals surface area (Å²) in [6, 6.07) is 5.41. The van der Waals surface area contributed by atoms with Crippen LogP contribution in [0.4, 0.5) is 11.4 Å². The lowest BCUT2D eigenvalue weighted by molar-refractivity contribution is 0.0526. The van der Waals surface area contributed by atoms with E-state index >= 15 is 0 Å². The highest BCUT2D eigenvalue weighted by Gasteiger charge is 2.35. The molecule has 1 aromatic rings. The molecule has 0 spiro atoms. The highest BCUT2D eigenvalue weighted by molar-refractivity contribution is 5.92. The summed E-state index contributed by atoms with van der Waals surface area (Å²) < 4.78 is 5.07. The van der Waals surface area contributed by atoms with Crippen LogP contribution in [0.3, 0.4) is 0 Å². The molecule has 1 aromatic carbocycles. The Morgan fingerprint density at radius 2 is 2.05 bits per heavy atom. The summed E-state index contributed by atoms with van der Waals surface area (Å²) in [5.41, 5.74) is 8.77. The van der Waals surface area contributed by atoms with E-state index in [9.17, 15) is 4.79 Å². The van der Waals surface area contributed by atoms with Gasteiger partial charge in [-0.1, -0.05) is 13.8 Å². The quantitative estimate of drug-likeness (QED) is 0.666. The number of ether oxygens (including phenoxy) is 1. The number of anilines is 2.